The average Bonchev–Trinajstić information content (AvgIpc) is 3.06. The van der Waals surface area contributed by atoms with Crippen molar-refractivity contribution in [3.05, 3.63) is 33.8 Å². The number of carbonyl (C=O) groups excluding carboxylic acids is 1. The molecule has 27 heavy (non-hydrogen) atoms. The first kappa shape index (κ1) is 24.3. The number of aliphatic imine (C=N–C) groups is 1. The quantitative estimate of drug-likeness (QED) is 0.345. The van der Waals surface area contributed by atoms with Crippen molar-refractivity contribution >= 4 is 59.0 Å². The summed E-state index contributed by atoms with van der Waals surface area (Å²) < 4.78 is 0. The third kappa shape index (κ3) is 6.39. The number of nitrogens with zero attached hydrogens (tertiary/aromatic N) is 2. The van der Waals surface area contributed by atoms with Crippen LogP contribution in [0.4, 0.5) is 0 Å². The lowest BCUT2D eigenvalue weighted by molar-refractivity contribution is -0.129. The zero-order valence-corrected chi connectivity index (χ0v) is 20.2. The van der Waals surface area contributed by atoms with E-state index in [1.165, 1.54) is 0 Å². The summed E-state index contributed by atoms with van der Waals surface area (Å²) in [5.41, 5.74) is 0.652. The molecule has 0 saturated carbocycles. The summed E-state index contributed by atoms with van der Waals surface area (Å²) in [4.78, 5) is 18.0. The number of halogens is 3. The smallest absolute Gasteiger partial charge is 0.222 e. The van der Waals surface area contributed by atoms with Crippen molar-refractivity contribution in [2.45, 2.75) is 45.1 Å². The highest BCUT2D eigenvalue weighted by molar-refractivity contribution is 14.0. The van der Waals surface area contributed by atoms with E-state index in [4.69, 9.17) is 23.2 Å². The molecule has 0 aliphatic carbocycles. The monoisotopic (exact) mass is 526 g/mol. The number of benzene rings is 1. The van der Waals surface area contributed by atoms with Gasteiger partial charge in [-0.05, 0) is 24.1 Å². The van der Waals surface area contributed by atoms with E-state index in [0.29, 0.717) is 29.6 Å². The van der Waals surface area contributed by atoms with Gasteiger partial charge in [0.25, 0.3) is 0 Å². The molecule has 1 fully saturated rings. The molecule has 0 spiro atoms. The van der Waals surface area contributed by atoms with Crippen LogP contribution in [0.25, 0.3) is 0 Å². The Balaban J connectivity index is 0.00000364. The highest BCUT2D eigenvalue weighted by atomic mass is 127. The van der Waals surface area contributed by atoms with Gasteiger partial charge in [-0.3, -0.25) is 9.79 Å². The number of guanidine groups is 1. The maximum Gasteiger partial charge on any atom is 0.222 e. The molecule has 0 aromatic heterocycles. The first-order chi connectivity index (χ1) is 12.3. The van der Waals surface area contributed by atoms with Crippen molar-refractivity contribution in [3.8, 4) is 0 Å². The highest BCUT2D eigenvalue weighted by Crippen LogP contribution is 2.35. The first-order valence-electron chi connectivity index (χ1n) is 8.98. The molecular weight excluding hydrogens is 498 g/mol. The minimum atomic E-state index is -0.271. The molecule has 1 saturated heterocycles. The van der Waals surface area contributed by atoms with E-state index in [1.807, 2.05) is 30.0 Å². The fraction of sp³-hybridized carbons (Fsp3) is 0.579. The van der Waals surface area contributed by atoms with Gasteiger partial charge in [-0.2, -0.15) is 0 Å². The molecule has 0 radical (unpaired) electrons. The van der Waals surface area contributed by atoms with Crippen LogP contribution in [0.15, 0.2) is 23.2 Å². The Kier molecular flexibility index (Phi) is 9.65. The molecule has 2 rings (SSSR count). The SMILES string of the molecule is CCC(=O)N1CCC(NC(=NC)NCC(C)(C)c2c(Cl)cccc2Cl)C1.I. The van der Waals surface area contributed by atoms with Crippen LogP contribution in [0.1, 0.15) is 39.2 Å². The minimum Gasteiger partial charge on any atom is -0.356 e. The first-order valence-corrected chi connectivity index (χ1v) is 9.73. The van der Waals surface area contributed by atoms with E-state index in [0.717, 1.165) is 24.5 Å². The molecule has 8 heteroatoms. The lowest BCUT2D eigenvalue weighted by Gasteiger charge is -2.29. The van der Waals surface area contributed by atoms with Crippen LogP contribution < -0.4 is 10.6 Å². The normalized spacial score (nSPS) is 17.5. The van der Waals surface area contributed by atoms with Crippen LogP contribution in [0.2, 0.25) is 10.0 Å². The van der Waals surface area contributed by atoms with Crippen molar-refractivity contribution in [1.82, 2.24) is 15.5 Å². The number of likely N-dealkylation sites (tertiary alicyclic amines) is 1. The zero-order valence-electron chi connectivity index (χ0n) is 16.3. The van der Waals surface area contributed by atoms with Gasteiger partial charge in [0.05, 0.1) is 0 Å². The zero-order chi connectivity index (χ0) is 19.3. The van der Waals surface area contributed by atoms with Crippen LogP contribution in [0.5, 0.6) is 0 Å². The van der Waals surface area contributed by atoms with E-state index in [1.54, 1.807) is 7.05 Å². The highest BCUT2D eigenvalue weighted by Gasteiger charge is 2.28. The Bertz CT molecular complexity index is 661. The van der Waals surface area contributed by atoms with Crippen molar-refractivity contribution in [2.24, 2.45) is 4.99 Å². The number of hydrogen-bond donors (Lipinski definition) is 2. The predicted molar refractivity (Wildman–Crippen MR) is 125 cm³/mol. The summed E-state index contributed by atoms with van der Waals surface area (Å²) >= 11 is 12.7. The van der Waals surface area contributed by atoms with Crippen LogP contribution in [-0.4, -0.2) is 49.5 Å². The Hall–Kier alpha value is -0.730. The molecule has 1 atom stereocenters. The third-order valence-corrected chi connectivity index (χ3v) is 5.38. The van der Waals surface area contributed by atoms with Crippen LogP contribution in [-0.2, 0) is 10.2 Å². The van der Waals surface area contributed by atoms with Gasteiger partial charge in [-0.1, -0.05) is 50.0 Å². The van der Waals surface area contributed by atoms with E-state index in [9.17, 15) is 4.79 Å². The van der Waals surface area contributed by atoms with Crippen molar-refractivity contribution in [3.63, 3.8) is 0 Å². The van der Waals surface area contributed by atoms with Gasteiger partial charge < -0.3 is 15.5 Å². The second-order valence-electron chi connectivity index (χ2n) is 7.23. The Morgan fingerprint density at radius 3 is 2.52 bits per heavy atom. The van der Waals surface area contributed by atoms with Crippen LogP contribution in [0.3, 0.4) is 0 Å². The lowest BCUT2D eigenvalue weighted by atomic mass is 9.84. The minimum absolute atomic E-state index is 0. The lowest BCUT2D eigenvalue weighted by Crippen LogP contribution is -2.48. The Morgan fingerprint density at radius 2 is 1.96 bits per heavy atom. The number of hydrogen-bond acceptors (Lipinski definition) is 2. The van der Waals surface area contributed by atoms with Gasteiger partial charge >= 0.3 is 0 Å². The fourth-order valence-electron chi connectivity index (χ4n) is 3.25. The number of nitrogens with one attached hydrogen (secondary N) is 2. The molecular formula is C19H29Cl2IN4O. The molecule has 152 valence electrons. The molecule has 5 nitrogen and oxygen atoms in total. The topological polar surface area (TPSA) is 56.7 Å². The van der Waals surface area contributed by atoms with Gasteiger partial charge in [0.1, 0.15) is 0 Å². The van der Waals surface area contributed by atoms with E-state index < -0.39 is 0 Å². The Labute approximate surface area is 189 Å². The number of carbonyl (C=O) groups is 1. The average molecular weight is 527 g/mol. The van der Waals surface area contributed by atoms with E-state index >= 15 is 0 Å². The molecule has 1 heterocycles. The maximum atomic E-state index is 11.8. The summed E-state index contributed by atoms with van der Waals surface area (Å²) in [6, 6.07) is 5.77. The summed E-state index contributed by atoms with van der Waals surface area (Å²) in [5, 5.41) is 8.10. The number of amides is 1. The van der Waals surface area contributed by atoms with Crippen molar-refractivity contribution < 1.29 is 4.79 Å². The fourth-order valence-corrected chi connectivity index (χ4v) is 4.16. The molecule has 1 amide bonds. The Morgan fingerprint density at radius 1 is 1.33 bits per heavy atom. The van der Waals surface area contributed by atoms with E-state index in [2.05, 4.69) is 29.5 Å². The van der Waals surface area contributed by atoms with Crippen LogP contribution in [0, 0.1) is 0 Å². The molecule has 1 unspecified atom stereocenters. The molecule has 2 N–H and O–H groups in total. The van der Waals surface area contributed by atoms with Gasteiger partial charge in [-0.25, -0.2) is 0 Å². The molecule has 1 aromatic carbocycles. The summed E-state index contributed by atoms with van der Waals surface area (Å²) in [6.45, 7) is 8.22. The summed E-state index contributed by atoms with van der Waals surface area (Å²) in [6.07, 6.45) is 1.47. The van der Waals surface area contributed by atoms with E-state index in [-0.39, 0.29) is 41.3 Å². The van der Waals surface area contributed by atoms with Gasteiger partial charge in [0, 0.05) is 54.6 Å². The largest absolute Gasteiger partial charge is 0.356 e. The molecule has 1 aliphatic rings. The summed E-state index contributed by atoms with van der Waals surface area (Å²) in [5.74, 6) is 0.920. The maximum absolute atomic E-state index is 11.8. The molecule has 0 bridgehead atoms. The van der Waals surface area contributed by atoms with Crippen molar-refractivity contribution in [1.29, 1.82) is 0 Å². The van der Waals surface area contributed by atoms with Gasteiger partial charge in [-0.15, -0.1) is 24.0 Å². The number of rotatable bonds is 5. The predicted octanol–water partition coefficient (Wildman–Crippen LogP) is 4.06. The van der Waals surface area contributed by atoms with Crippen LogP contribution >= 0.6 is 47.2 Å². The van der Waals surface area contributed by atoms with Gasteiger partial charge in [0.15, 0.2) is 5.96 Å². The van der Waals surface area contributed by atoms with Crippen molar-refractivity contribution in [2.75, 3.05) is 26.7 Å². The molecule has 1 aromatic rings. The third-order valence-electron chi connectivity index (χ3n) is 4.75. The standard InChI is InChI=1S/C19H28Cl2N4O.HI/c1-5-16(26)25-10-9-13(11-25)24-18(22-4)23-12-19(2,3)17-14(20)7-6-8-15(17)21;/h6-8,13H,5,9-12H2,1-4H3,(H2,22,23,24);1H. The van der Waals surface area contributed by atoms with Gasteiger partial charge in [0.2, 0.25) is 5.91 Å². The summed E-state index contributed by atoms with van der Waals surface area (Å²) in [7, 11) is 1.74. The molecule has 1 aliphatic heterocycles. The second-order valence-corrected chi connectivity index (χ2v) is 8.04. The second kappa shape index (κ2) is 10.7.